The first-order valence-corrected chi connectivity index (χ1v) is 11.6. The third-order valence-electron chi connectivity index (χ3n) is 5.32. The maximum atomic E-state index is 13.4. The largest absolute Gasteiger partial charge is 0.494 e. The fourth-order valence-electron chi connectivity index (χ4n) is 3.75. The van der Waals surface area contributed by atoms with Gasteiger partial charge in [0.15, 0.2) is 5.82 Å². The summed E-state index contributed by atoms with van der Waals surface area (Å²) in [5, 5.41) is 12.0. The number of aromatic nitrogens is 3. The van der Waals surface area contributed by atoms with Crippen LogP contribution in [0.3, 0.4) is 0 Å². The molecule has 0 unspecified atom stereocenters. The predicted molar refractivity (Wildman–Crippen MR) is 130 cm³/mol. The number of rotatable bonds is 6. The lowest BCUT2D eigenvalue weighted by Gasteiger charge is -2.33. The number of amides is 1. The van der Waals surface area contributed by atoms with E-state index in [0.29, 0.717) is 17.6 Å². The number of benzene rings is 3. The average molecular weight is 458 g/mol. The third-order valence-corrected chi connectivity index (χ3v) is 6.53. The molecule has 0 bridgehead atoms. The van der Waals surface area contributed by atoms with Crippen LogP contribution >= 0.6 is 11.8 Å². The van der Waals surface area contributed by atoms with E-state index in [2.05, 4.69) is 20.9 Å². The Morgan fingerprint density at radius 3 is 2.39 bits per heavy atom. The Balaban J connectivity index is 1.50. The summed E-state index contributed by atoms with van der Waals surface area (Å²) in [4.78, 5) is 13.4. The molecule has 0 fully saturated rings. The third kappa shape index (κ3) is 4.42. The molecule has 5 rings (SSSR count). The van der Waals surface area contributed by atoms with Gasteiger partial charge in [-0.3, -0.25) is 4.79 Å². The first kappa shape index (κ1) is 21.1. The van der Waals surface area contributed by atoms with Crippen molar-refractivity contribution in [1.29, 1.82) is 0 Å². The van der Waals surface area contributed by atoms with E-state index < -0.39 is 5.25 Å². The number of anilines is 1. The zero-order valence-corrected chi connectivity index (χ0v) is 18.8. The molecule has 7 nitrogen and oxygen atoms in total. The molecule has 166 valence electrons. The SMILES string of the molecule is CCOc1ccc([C@@H]2Nn3c(nnc3-c3ccccc3)S[C@H]2C(=O)Nc2ccccc2)cc1. The van der Waals surface area contributed by atoms with Crippen LogP contribution in [0.2, 0.25) is 0 Å². The molecule has 0 saturated heterocycles. The molecule has 8 heteroatoms. The van der Waals surface area contributed by atoms with Gasteiger partial charge in [0.2, 0.25) is 11.1 Å². The van der Waals surface area contributed by atoms with Gasteiger partial charge in [0.1, 0.15) is 11.0 Å². The maximum Gasteiger partial charge on any atom is 0.240 e. The van der Waals surface area contributed by atoms with Gasteiger partial charge in [-0.25, -0.2) is 4.68 Å². The summed E-state index contributed by atoms with van der Waals surface area (Å²) in [6, 6.07) is 26.9. The first-order valence-electron chi connectivity index (χ1n) is 10.8. The van der Waals surface area contributed by atoms with Crippen LogP contribution in [-0.2, 0) is 4.79 Å². The highest BCUT2D eigenvalue weighted by Crippen LogP contribution is 2.39. The van der Waals surface area contributed by atoms with E-state index in [-0.39, 0.29) is 11.9 Å². The summed E-state index contributed by atoms with van der Waals surface area (Å²) in [5.41, 5.74) is 6.17. The van der Waals surface area contributed by atoms with Gasteiger partial charge in [-0.1, -0.05) is 72.4 Å². The zero-order chi connectivity index (χ0) is 22.6. The van der Waals surface area contributed by atoms with E-state index in [4.69, 9.17) is 4.74 Å². The van der Waals surface area contributed by atoms with Crippen molar-refractivity contribution in [2.75, 3.05) is 17.3 Å². The van der Waals surface area contributed by atoms with Gasteiger partial charge in [0.05, 0.1) is 12.6 Å². The van der Waals surface area contributed by atoms with E-state index in [0.717, 1.165) is 22.6 Å². The molecule has 2 heterocycles. The molecular formula is C25H23N5O2S. The fourth-order valence-corrected chi connectivity index (χ4v) is 4.83. The van der Waals surface area contributed by atoms with Crippen LogP contribution in [0.25, 0.3) is 11.4 Å². The number of carbonyl (C=O) groups is 1. The number of fused-ring (bicyclic) bond motifs is 1. The van der Waals surface area contributed by atoms with Crippen LogP contribution in [0.4, 0.5) is 5.69 Å². The summed E-state index contributed by atoms with van der Waals surface area (Å²) in [7, 11) is 0. The second kappa shape index (κ2) is 9.38. The molecule has 0 spiro atoms. The molecule has 1 aliphatic rings. The van der Waals surface area contributed by atoms with Crippen molar-refractivity contribution in [3.05, 3.63) is 90.5 Å². The molecule has 1 amide bonds. The highest BCUT2D eigenvalue weighted by atomic mass is 32.2. The molecule has 1 aliphatic heterocycles. The molecule has 4 aromatic rings. The van der Waals surface area contributed by atoms with Crippen LogP contribution in [0.5, 0.6) is 5.75 Å². The van der Waals surface area contributed by atoms with Crippen LogP contribution in [-0.4, -0.2) is 32.6 Å². The summed E-state index contributed by atoms with van der Waals surface area (Å²) in [6.07, 6.45) is 0. The minimum atomic E-state index is -0.455. The first-order chi connectivity index (χ1) is 16.2. The Morgan fingerprint density at radius 1 is 1.00 bits per heavy atom. The monoisotopic (exact) mass is 457 g/mol. The molecule has 33 heavy (non-hydrogen) atoms. The number of thioether (sulfide) groups is 1. The van der Waals surface area contributed by atoms with E-state index in [1.165, 1.54) is 11.8 Å². The molecule has 0 radical (unpaired) electrons. The second-order valence-electron chi connectivity index (χ2n) is 7.51. The topological polar surface area (TPSA) is 81.1 Å². The minimum absolute atomic E-state index is 0.104. The molecule has 2 atom stereocenters. The molecule has 0 saturated carbocycles. The smallest absolute Gasteiger partial charge is 0.240 e. The van der Waals surface area contributed by atoms with Crippen molar-refractivity contribution in [2.45, 2.75) is 23.4 Å². The molecule has 2 N–H and O–H groups in total. The van der Waals surface area contributed by atoms with Crippen molar-refractivity contribution >= 4 is 23.4 Å². The summed E-state index contributed by atoms with van der Waals surface area (Å²) < 4.78 is 7.46. The van der Waals surface area contributed by atoms with Gasteiger partial charge in [0.25, 0.3) is 0 Å². The Morgan fingerprint density at radius 2 is 1.70 bits per heavy atom. The summed E-state index contributed by atoms with van der Waals surface area (Å²) in [6.45, 7) is 2.55. The Bertz CT molecular complexity index is 1230. The van der Waals surface area contributed by atoms with Gasteiger partial charge in [-0.2, -0.15) is 0 Å². The van der Waals surface area contributed by atoms with Crippen LogP contribution in [0.1, 0.15) is 18.5 Å². The number of hydrogen-bond donors (Lipinski definition) is 2. The Labute approximate surface area is 196 Å². The van der Waals surface area contributed by atoms with Gasteiger partial charge < -0.3 is 15.5 Å². The lowest BCUT2D eigenvalue weighted by Crippen LogP contribution is -2.41. The van der Waals surface area contributed by atoms with Gasteiger partial charge in [0, 0.05) is 11.3 Å². The van der Waals surface area contributed by atoms with Gasteiger partial charge in [-0.15, -0.1) is 10.2 Å². The van der Waals surface area contributed by atoms with E-state index in [9.17, 15) is 4.79 Å². The Kier molecular flexibility index (Phi) is 5.99. The molecular weight excluding hydrogens is 434 g/mol. The maximum absolute atomic E-state index is 13.4. The van der Waals surface area contributed by atoms with Crippen LogP contribution < -0.4 is 15.5 Å². The number of ether oxygens (including phenoxy) is 1. The number of carbonyl (C=O) groups excluding carboxylic acids is 1. The number of hydrogen-bond acceptors (Lipinski definition) is 6. The van der Waals surface area contributed by atoms with Crippen molar-refractivity contribution < 1.29 is 9.53 Å². The lowest BCUT2D eigenvalue weighted by molar-refractivity contribution is -0.116. The van der Waals surface area contributed by atoms with Gasteiger partial charge in [-0.05, 0) is 36.8 Å². The van der Waals surface area contributed by atoms with Crippen molar-refractivity contribution in [1.82, 2.24) is 14.9 Å². The van der Waals surface area contributed by atoms with E-state index in [1.54, 1.807) is 0 Å². The number of para-hydroxylation sites is 1. The predicted octanol–water partition coefficient (Wildman–Crippen LogP) is 4.74. The average Bonchev–Trinajstić information content (AvgIpc) is 3.28. The highest BCUT2D eigenvalue weighted by Gasteiger charge is 2.38. The highest BCUT2D eigenvalue weighted by molar-refractivity contribution is 8.00. The normalized spacial score (nSPS) is 17.0. The Hall–Kier alpha value is -3.78. The van der Waals surface area contributed by atoms with Crippen molar-refractivity contribution in [3.63, 3.8) is 0 Å². The zero-order valence-electron chi connectivity index (χ0n) is 18.0. The van der Waals surface area contributed by atoms with Gasteiger partial charge >= 0.3 is 0 Å². The minimum Gasteiger partial charge on any atom is -0.494 e. The fraction of sp³-hybridized carbons (Fsp3) is 0.160. The lowest BCUT2D eigenvalue weighted by atomic mass is 10.0. The van der Waals surface area contributed by atoms with Crippen LogP contribution in [0, 0.1) is 0 Å². The van der Waals surface area contributed by atoms with E-state index >= 15 is 0 Å². The van der Waals surface area contributed by atoms with E-state index in [1.807, 2.05) is 96.5 Å². The standard InChI is InChI=1S/C25H23N5O2S/c1-2-32-20-15-13-17(14-16-20)21-22(24(31)26-19-11-7-4-8-12-19)33-25-28-27-23(30(25)29-21)18-9-5-3-6-10-18/h3-16,21-22,29H,2H2,1H3,(H,26,31)/t21-,22+/m0/s1. The van der Waals surface area contributed by atoms with Crippen molar-refractivity contribution in [3.8, 4) is 17.1 Å². The molecule has 1 aromatic heterocycles. The quantitative estimate of drug-likeness (QED) is 0.435. The molecule has 0 aliphatic carbocycles. The number of nitrogens with one attached hydrogen (secondary N) is 2. The molecule has 3 aromatic carbocycles. The summed E-state index contributed by atoms with van der Waals surface area (Å²) in [5.74, 6) is 1.40. The summed E-state index contributed by atoms with van der Waals surface area (Å²) >= 11 is 1.40. The van der Waals surface area contributed by atoms with Crippen LogP contribution in [0.15, 0.2) is 90.1 Å². The second-order valence-corrected chi connectivity index (χ2v) is 8.62. The number of nitrogens with zero attached hydrogens (tertiary/aromatic N) is 3. The van der Waals surface area contributed by atoms with Crippen molar-refractivity contribution in [2.24, 2.45) is 0 Å².